The van der Waals surface area contributed by atoms with E-state index in [0.29, 0.717) is 25.1 Å². The molecule has 0 aliphatic rings. The van der Waals surface area contributed by atoms with E-state index < -0.39 is 53.8 Å². The van der Waals surface area contributed by atoms with Gasteiger partial charge in [-0.15, -0.1) is 0 Å². The van der Waals surface area contributed by atoms with Gasteiger partial charge in [-0.25, -0.2) is 9.78 Å². The van der Waals surface area contributed by atoms with Crippen LogP contribution in [0.25, 0.3) is 0 Å². The van der Waals surface area contributed by atoms with E-state index in [0.717, 1.165) is 0 Å². The zero-order chi connectivity index (χ0) is 27.3. The van der Waals surface area contributed by atoms with Crippen molar-refractivity contribution in [1.82, 2.24) is 25.9 Å². The van der Waals surface area contributed by atoms with Crippen molar-refractivity contribution in [3.8, 4) is 0 Å². The Balaban J connectivity index is 2.91. The molecule has 36 heavy (non-hydrogen) atoms. The Labute approximate surface area is 209 Å². The molecule has 0 saturated heterocycles. The normalized spacial score (nSPS) is 14.4. The molecule has 0 aliphatic heterocycles. The van der Waals surface area contributed by atoms with Gasteiger partial charge in [0.15, 0.2) is 0 Å². The molecule has 202 valence electrons. The number of nitrogens with one attached hydrogen (secondary N) is 4. The quantitative estimate of drug-likeness (QED) is 0.106. The minimum Gasteiger partial charge on any atom is -0.480 e. The van der Waals surface area contributed by atoms with Crippen LogP contribution >= 0.6 is 0 Å². The lowest BCUT2D eigenvalue weighted by Gasteiger charge is -2.27. The molecule has 1 aromatic rings. The summed E-state index contributed by atoms with van der Waals surface area (Å²) in [4.78, 5) is 67.8. The number of unbranched alkanes of at least 4 members (excludes halogenated alkanes) is 1. The number of carboxylic acid groups (broad SMARTS) is 1. The smallest absolute Gasteiger partial charge is 0.326 e. The molecule has 14 nitrogen and oxygen atoms in total. The van der Waals surface area contributed by atoms with Crippen LogP contribution in [0.3, 0.4) is 0 Å². The van der Waals surface area contributed by atoms with Gasteiger partial charge in [0.2, 0.25) is 23.6 Å². The van der Waals surface area contributed by atoms with E-state index in [1.165, 1.54) is 12.5 Å². The zero-order valence-corrected chi connectivity index (χ0v) is 20.7. The van der Waals surface area contributed by atoms with E-state index >= 15 is 0 Å². The number of nitrogens with zero attached hydrogens (tertiary/aromatic N) is 1. The van der Waals surface area contributed by atoms with Crippen LogP contribution in [0.2, 0.25) is 0 Å². The average Bonchev–Trinajstić information content (AvgIpc) is 3.31. The summed E-state index contributed by atoms with van der Waals surface area (Å²) in [6, 6.07) is -4.39. The zero-order valence-electron chi connectivity index (χ0n) is 20.7. The number of primary amides is 1. The molecule has 1 rings (SSSR count). The molecule has 1 aromatic heterocycles. The van der Waals surface area contributed by atoms with Crippen molar-refractivity contribution < 1.29 is 29.1 Å². The number of carbonyl (C=O) groups excluding carboxylic acids is 4. The van der Waals surface area contributed by atoms with Crippen molar-refractivity contribution >= 4 is 29.6 Å². The van der Waals surface area contributed by atoms with E-state index in [1.54, 1.807) is 13.8 Å². The van der Waals surface area contributed by atoms with Gasteiger partial charge in [0.1, 0.15) is 18.1 Å². The number of carbonyl (C=O) groups is 5. The van der Waals surface area contributed by atoms with Crippen molar-refractivity contribution in [3.63, 3.8) is 0 Å². The first kappa shape index (κ1) is 30.5. The summed E-state index contributed by atoms with van der Waals surface area (Å²) in [6.45, 7) is 3.81. The first-order valence-corrected chi connectivity index (χ1v) is 11.8. The minimum atomic E-state index is -1.36. The molecule has 14 heteroatoms. The van der Waals surface area contributed by atoms with Crippen molar-refractivity contribution in [2.45, 2.75) is 76.5 Å². The summed E-state index contributed by atoms with van der Waals surface area (Å²) < 4.78 is 0. The van der Waals surface area contributed by atoms with Crippen LogP contribution in [0.1, 0.15) is 51.6 Å². The third-order valence-electron chi connectivity index (χ3n) is 5.45. The fraction of sp³-hybridized carbons (Fsp3) is 0.636. The number of aliphatic carboxylic acids is 1. The molecule has 0 radical (unpaired) electrons. The van der Waals surface area contributed by atoms with Crippen molar-refractivity contribution in [2.75, 3.05) is 6.54 Å². The third-order valence-corrected chi connectivity index (χ3v) is 5.45. The van der Waals surface area contributed by atoms with Crippen LogP contribution in [0.4, 0.5) is 0 Å². The molecular formula is C22H38N8O6. The van der Waals surface area contributed by atoms with Crippen LogP contribution in [-0.2, 0) is 30.4 Å². The molecular weight excluding hydrogens is 472 g/mol. The number of carboxylic acids is 1. The SMILES string of the molecule is CC(C)C(NC(=O)C(N)Cc1cnc[nH]1)C(=O)NC(CCCCN)C(=O)NC(CCC(N)=O)C(=O)O. The van der Waals surface area contributed by atoms with Gasteiger partial charge in [-0.3, -0.25) is 19.2 Å². The molecule has 0 bridgehead atoms. The van der Waals surface area contributed by atoms with Crippen LogP contribution in [0.5, 0.6) is 0 Å². The van der Waals surface area contributed by atoms with Gasteiger partial charge in [-0.05, 0) is 38.1 Å². The van der Waals surface area contributed by atoms with Crippen LogP contribution in [0, 0.1) is 5.92 Å². The second-order valence-electron chi connectivity index (χ2n) is 8.87. The first-order chi connectivity index (χ1) is 17.0. The van der Waals surface area contributed by atoms with Crippen molar-refractivity contribution in [1.29, 1.82) is 0 Å². The number of hydrogen-bond acceptors (Lipinski definition) is 8. The number of hydrogen-bond donors (Lipinski definition) is 8. The number of imidazole rings is 1. The van der Waals surface area contributed by atoms with Crippen molar-refractivity contribution in [2.24, 2.45) is 23.1 Å². The molecule has 4 amide bonds. The second-order valence-corrected chi connectivity index (χ2v) is 8.87. The van der Waals surface area contributed by atoms with Gasteiger partial charge in [0.25, 0.3) is 0 Å². The van der Waals surface area contributed by atoms with E-state index in [9.17, 15) is 29.1 Å². The summed E-state index contributed by atoms with van der Waals surface area (Å²) in [6.07, 6.45) is 4.01. The van der Waals surface area contributed by atoms with Gasteiger partial charge in [0.05, 0.1) is 12.4 Å². The van der Waals surface area contributed by atoms with Gasteiger partial charge >= 0.3 is 5.97 Å². The third kappa shape index (κ3) is 10.8. The molecule has 4 unspecified atom stereocenters. The molecule has 11 N–H and O–H groups in total. The van der Waals surface area contributed by atoms with Gasteiger partial charge in [-0.1, -0.05) is 13.8 Å². The summed E-state index contributed by atoms with van der Waals surface area (Å²) in [7, 11) is 0. The maximum atomic E-state index is 13.1. The lowest BCUT2D eigenvalue weighted by molar-refractivity contribution is -0.142. The van der Waals surface area contributed by atoms with Crippen LogP contribution in [-0.4, -0.2) is 75.4 Å². The Morgan fingerprint density at radius 3 is 2.19 bits per heavy atom. The van der Waals surface area contributed by atoms with Crippen LogP contribution < -0.4 is 33.2 Å². The van der Waals surface area contributed by atoms with Crippen molar-refractivity contribution in [3.05, 3.63) is 18.2 Å². The lowest BCUT2D eigenvalue weighted by atomic mass is 10.0. The predicted octanol–water partition coefficient (Wildman–Crippen LogP) is -2.13. The largest absolute Gasteiger partial charge is 0.480 e. The highest BCUT2D eigenvalue weighted by Gasteiger charge is 2.31. The number of aromatic amines is 1. The Morgan fingerprint density at radius 2 is 1.67 bits per heavy atom. The Morgan fingerprint density at radius 1 is 1.00 bits per heavy atom. The van der Waals surface area contributed by atoms with Gasteiger partial charge < -0.3 is 43.2 Å². The second kappa shape index (κ2) is 15.5. The fourth-order valence-corrected chi connectivity index (χ4v) is 3.36. The maximum Gasteiger partial charge on any atom is 0.326 e. The summed E-state index contributed by atoms with van der Waals surface area (Å²) in [5.41, 5.74) is 17.2. The van der Waals surface area contributed by atoms with Gasteiger partial charge in [-0.2, -0.15) is 0 Å². The van der Waals surface area contributed by atoms with E-state index in [1.807, 2.05) is 0 Å². The average molecular weight is 511 g/mol. The molecule has 1 heterocycles. The number of amides is 4. The number of nitrogens with two attached hydrogens (primary N) is 3. The standard InChI is InChI=1S/C22H38N8O6/c1-12(2)18(30-19(32)14(24)9-13-10-26-11-27-13)21(34)28-15(5-3-4-8-23)20(33)29-16(22(35)36)6-7-17(25)31/h10-12,14-16,18H,3-9,23-24H2,1-2H3,(H2,25,31)(H,26,27)(H,28,34)(H,29,33)(H,30,32)(H,35,36). The Bertz CT molecular complexity index is 876. The highest BCUT2D eigenvalue weighted by molar-refractivity contribution is 5.94. The van der Waals surface area contributed by atoms with E-state index in [-0.39, 0.29) is 31.6 Å². The molecule has 0 aromatic carbocycles. The fourth-order valence-electron chi connectivity index (χ4n) is 3.36. The Kier molecular flexibility index (Phi) is 13.1. The highest BCUT2D eigenvalue weighted by atomic mass is 16.4. The van der Waals surface area contributed by atoms with E-state index in [2.05, 4.69) is 25.9 Å². The molecule has 0 spiro atoms. The summed E-state index contributed by atoms with van der Waals surface area (Å²) in [5, 5.41) is 17.0. The summed E-state index contributed by atoms with van der Waals surface area (Å²) >= 11 is 0. The Hall–Kier alpha value is -3.52. The minimum absolute atomic E-state index is 0.185. The van der Waals surface area contributed by atoms with Gasteiger partial charge in [0, 0.05) is 24.7 Å². The molecule has 0 aliphatic carbocycles. The number of H-pyrrole nitrogens is 1. The first-order valence-electron chi connectivity index (χ1n) is 11.8. The van der Waals surface area contributed by atoms with E-state index in [4.69, 9.17) is 17.2 Å². The highest BCUT2D eigenvalue weighted by Crippen LogP contribution is 2.08. The summed E-state index contributed by atoms with van der Waals surface area (Å²) in [5.74, 6) is -4.30. The molecule has 0 saturated carbocycles. The molecule has 4 atom stereocenters. The van der Waals surface area contributed by atoms with Crippen LogP contribution in [0.15, 0.2) is 12.5 Å². The molecule has 0 fully saturated rings. The topological polar surface area (TPSA) is 248 Å². The predicted molar refractivity (Wildman–Crippen MR) is 130 cm³/mol. The number of rotatable bonds is 17. The monoisotopic (exact) mass is 510 g/mol. The lowest BCUT2D eigenvalue weighted by Crippen LogP contribution is -2.58. The number of aromatic nitrogens is 2. The maximum absolute atomic E-state index is 13.1.